The third kappa shape index (κ3) is 2.24. The lowest BCUT2D eigenvalue weighted by molar-refractivity contribution is 0.0551. The van der Waals surface area contributed by atoms with E-state index in [1.807, 2.05) is 19.1 Å². The van der Waals surface area contributed by atoms with Crippen LogP contribution in [0.15, 0.2) is 24.3 Å². The quantitative estimate of drug-likeness (QED) is 0.792. The molecule has 2 aliphatic heterocycles. The van der Waals surface area contributed by atoms with Crippen molar-refractivity contribution in [2.45, 2.75) is 32.2 Å². The second kappa shape index (κ2) is 5.37. The van der Waals surface area contributed by atoms with Crippen LogP contribution < -0.4 is 0 Å². The lowest BCUT2D eigenvalue weighted by Gasteiger charge is -2.32. The summed E-state index contributed by atoms with van der Waals surface area (Å²) < 4.78 is 0. The maximum Gasteiger partial charge on any atom is 0.261 e. The highest BCUT2D eigenvalue weighted by Crippen LogP contribution is 2.25. The number of hydrogen-bond donors (Lipinski definition) is 0. The summed E-state index contributed by atoms with van der Waals surface area (Å²) in [5, 5.41) is 0. The molecule has 4 nitrogen and oxygen atoms in total. The molecule has 2 heterocycles. The lowest BCUT2D eigenvalue weighted by Crippen LogP contribution is -2.46. The van der Waals surface area contributed by atoms with Crippen LogP contribution in [0.2, 0.25) is 0 Å². The summed E-state index contributed by atoms with van der Waals surface area (Å²) >= 11 is 0. The Bertz CT molecular complexity index is 500. The van der Waals surface area contributed by atoms with Crippen molar-refractivity contribution in [3.63, 3.8) is 0 Å². The number of likely N-dealkylation sites (tertiary alicyclic amines) is 1. The summed E-state index contributed by atoms with van der Waals surface area (Å²) in [6.45, 7) is 4.91. The largest absolute Gasteiger partial charge is 0.301 e. The minimum atomic E-state index is -0.143. The van der Waals surface area contributed by atoms with E-state index in [1.54, 1.807) is 12.1 Å². The molecule has 0 aliphatic carbocycles. The minimum absolute atomic E-state index is 0.0690. The zero-order chi connectivity index (χ0) is 14.1. The van der Waals surface area contributed by atoms with E-state index in [-0.39, 0.29) is 17.9 Å². The molecular weight excluding hydrogens is 252 g/mol. The van der Waals surface area contributed by atoms with Crippen LogP contribution in [0.1, 0.15) is 46.9 Å². The molecule has 4 heteroatoms. The second-order valence-electron chi connectivity index (χ2n) is 5.74. The first kappa shape index (κ1) is 13.3. The molecule has 106 valence electrons. The predicted molar refractivity (Wildman–Crippen MR) is 76.7 cm³/mol. The second-order valence-corrected chi connectivity index (χ2v) is 5.74. The number of carbonyl (C=O) groups excluding carboxylic acids is 2. The number of fused-ring (bicyclic) bond motifs is 1. The van der Waals surface area contributed by atoms with Crippen molar-refractivity contribution in [1.29, 1.82) is 0 Å². The van der Waals surface area contributed by atoms with Gasteiger partial charge in [-0.3, -0.25) is 14.5 Å². The van der Waals surface area contributed by atoms with Crippen LogP contribution in [-0.4, -0.2) is 47.3 Å². The van der Waals surface area contributed by atoms with Crippen LogP contribution in [0.5, 0.6) is 0 Å². The Morgan fingerprint density at radius 3 is 2.10 bits per heavy atom. The molecule has 1 fully saturated rings. The lowest BCUT2D eigenvalue weighted by atomic mass is 10.1. The molecule has 1 saturated heterocycles. The molecule has 1 aromatic carbocycles. The van der Waals surface area contributed by atoms with Gasteiger partial charge in [-0.15, -0.1) is 0 Å². The summed E-state index contributed by atoms with van der Waals surface area (Å²) in [5.74, 6) is -0.287. The van der Waals surface area contributed by atoms with Gasteiger partial charge in [0.2, 0.25) is 0 Å². The molecule has 0 saturated carbocycles. The summed E-state index contributed by atoms with van der Waals surface area (Å²) in [4.78, 5) is 28.5. The standard InChI is InChI=1S/C16H20N2O2/c1-12(11-17-9-5-2-6-10-17)18-15(19)13-7-3-4-8-14(13)16(18)20/h3-4,7-8,12H,2,5-6,9-11H2,1H3/t12-/m0/s1. The molecule has 0 spiro atoms. The Kier molecular flexibility index (Phi) is 3.57. The smallest absolute Gasteiger partial charge is 0.261 e. The summed E-state index contributed by atoms with van der Waals surface area (Å²) in [6, 6.07) is 7.03. The van der Waals surface area contributed by atoms with Gasteiger partial charge >= 0.3 is 0 Å². The molecule has 2 amide bonds. The summed E-state index contributed by atoms with van der Waals surface area (Å²) in [5.41, 5.74) is 1.09. The van der Waals surface area contributed by atoms with Crippen molar-refractivity contribution < 1.29 is 9.59 Å². The average molecular weight is 272 g/mol. The molecule has 0 unspecified atom stereocenters. The van der Waals surface area contributed by atoms with E-state index in [9.17, 15) is 9.59 Å². The minimum Gasteiger partial charge on any atom is -0.301 e. The highest BCUT2D eigenvalue weighted by molar-refractivity contribution is 6.21. The monoisotopic (exact) mass is 272 g/mol. The van der Waals surface area contributed by atoms with Gasteiger partial charge in [0.1, 0.15) is 0 Å². The molecule has 0 radical (unpaired) electrons. The molecule has 0 aromatic heterocycles. The molecule has 0 N–H and O–H groups in total. The van der Waals surface area contributed by atoms with E-state index in [0.717, 1.165) is 19.6 Å². The number of rotatable bonds is 3. The molecule has 2 aliphatic rings. The van der Waals surface area contributed by atoms with Crippen LogP contribution in [0.4, 0.5) is 0 Å². The third-order valence-electron chi connectivity index (χ3n) is 4.24. The van der Waals surface area contributed by atoms with Gasteiger partial charge in [0.25, 0.3) is 11.8 Å². The zero-order valence-corrected chi connectivity index (χ0v) is 11.8. The van der Waals surface area contributed by atoms with E-state index >= 15 is 0 Å². The SMILES string of the molecule is C[C@@H](CN1CCCCC1)N1C(=O)c2ccccc2C1=O. The Labute approximate surface area is 119 Å². The van der Waals surface area contributed by atoms with Crippen molar-refractivity contribution in [3.05, 3.63) is 35.4 Å². The topological polar surface area (TPSA) is 40.6 Å². The zero-order valence-electron chi connectivity index (χ0n) is 11.8. The van der Waals surface area contributed by atoms with Crippen molar-refractivity contribution in [3.8, 4) is 0 Å². The number of benzene rings is 1. The molecule has 3 rings (SSSR count). The van der Waals surface area contributed by atoms with E-state index in [0.29, 0.717) is 11.1 Å². The normalized spacial score (nSPS) is 21.1. The van der Waals surface area contributed by atoms with Gasteiger partial charge in [0.05, 0.1) is 17.2 Å². The van der Waals surface area contributed by atoms with Crippen LogP contribution in [0.25, 0.3) is 0 Å². The fourth-order valence-electron chi connectivity index (χ4n) is 3.21. The van der Waals surface area contributed by atoms with E-state index in [1.165, 1.54) is 24.2 Å². The van der Waals surface area contributed by atoms with Crippen LogP contribution in [0, 0.1) is 0 Å². The fraction of sp³-hybridized carbons (Fsp3) is 0.500. The Morgan fingerprint density at radius 2 is 1.55 bits per heavy atom. The van der Waals surface area contributed by atoms with Gasteiger partial charge < -0.3 is 4.90 Å². The van der Waals surface area contributed by atoms with Crippen LogP contribution in [-0.2, 0) is 0 Å². The van der Waals surface area contributed by atoms with E-state index in [4.69, 9.17) is 0 Å². The summed E-state index contributed by atoms with van der Waals surface area (Å²) in [6.07, 6.45) is 3.72. The van der Waals surface area contributed by atoms with Gasteiger partial charge in [-0.05, 0) is 45.0 Å². The number of carbonyl (C=O) groups is 2. The van der Waals surface area contributed by atoms with Gasteiger partial charge in [-0.2, -0.15) is 0 Å². The number of imide groups is 1. The average Bonchev–Trinajstić information content (AvgIpc) is 2.72. The maximum absolute atomic E-state index is 12.4. The van der Waals surface area contributed by atoms with Crippen molar-refractivity contribution in [2.75, 3.05) is 19.6 Å². The molecule has 1 aromatic rings. The van der Waals surface area contributed by atoms with Crippen LogP contribution >= 0.6 is 0 Å². The van der Waals surface area contributed by atoms with Gasteiger partial charge in [-0.25, -0.2) is 0 Å². The van der Waals surface area contributed by atoms with Gasteiger partial charge in [0, 0.05) is 6.54 Å². The first-order valence-corrected chi connectivity index (χ1v) is 7.38. The number of amides is 2. The molecular formula is C16H20N2O2. The number of piperidine rings is 1. The van der Waals surface area contributed by atoms with Crippen molar-refractivity contribution in [2.24, 2.45) is 0 Å². The van der Waals surface area contributed by atoms with Crippen molar-refractivity contribution >= 4 is 11.8 Å². The third-order valence-corrected chi connectivity index (χ3v) is 4.24. The Hall–Kier alpha value is -1.68. The maximum atomic E-state index is 12.4. The van der Waals surface area contributed by atoms with Gasteiger partial charge in [0.15, 0.2) is 0 Å². The van der Waals surface area contributed by atoms with Crippen molar-refractivity contribution in [1.82, 2.24) is 9.80 Å². The Morgan fingerprint density at radius 1 is 1.00 bits per heavy atom. The Balaban J connectivity index is 1.74. The summed E-state index contributed by atoms with van der Waals surface area (Å²) in [7, 11) is 0. The molecule has 0 bridgehead atoms. The van der Waals surface area contributed by atoms with Crippen LogP contribution in [0.3, 0.4) is 0 Å². The highest BCUT2D eigenvalue weighted by atomic mass is 16.2. The molecule has 20 heavy (non-hydrogen) atoms. The highest BCUT2D eigenvalue weighted by Gasteiger charge is 2.38. The first-order valence-electron chi connectivity index (χ1n) is 7.38. The first-order chi connectivity index (χ1) is 9.68. The fourth-order valence-corrected chi connectivity index (χ4v) is 3.21. The number of hydrogen-bond acceptors (Lipinski definition) is 3. The van der Waals surface area contributed by atoms with E-state index in [2.05, 4.69) is 4.90 Å². The predicted octanol–water partition coefficient (Wildman–Crippen LogP) is 2.16. The van der Waals surface area contributed by atoms with E-state index < -0.39 is 0 Å². The number of nitrogens with zero attached hydrogens (tertiary/aromatic N) is 2. The van der Waals surface area contributed by atoms with Gasteiger partial charge in [-0.1, -0.05) is 18.6 Å². The molecule has 1 atom stereocenters.